The summed E-state index contributed by atoms with van der Waals surface area (Å²) in [5.74, 6) is 0.782. The van der Waals surface area contributed by atoms with E-state index in [9.17, 15) is 10.1 Å². The van der Waals surface area contributed by atoms with E-state index >= 15 is 0 Å². The minimum Gasteiger partial charge on any atom is -0.444 e. The van der Waals surface area contributed by atoms with Gasteiger partial charge in [0.05, 0.1) is 17.0 Å². The van der Waals surface area contributed by atoms with E-state index < -0.39 is 5.60 Å². The standard InChI is InChI=1S/C23H24BrClN6O2/c1-14-11-29(22(32)33-23(2,3)4)5-6-30(14)20-19-18(24)12-31(21(19)28-13-27-20)17-8-15(10-26)7-16(25)9-17/h7-9,12-14H,5-6,11H2,1-4H3/t14-/m0/s1. The van der Waals surface area contributed by atoms with E-state index in [1.165, 1.54) is 6.33 Å². The first kappa shape index (κ1) is 23.3. The van der Waals surface area contributed by atoms with Crippen LogP contribution in [0.1, 0.15) is 33.3 Å². The number of carbonyl (C=O) groups is 1. The molecule has 172 valence electrons. The van der Waals surface area contributed by atoms with Crippen LogP contribution < -0.4 is 4.90 Å². The molecule has 3 heterocycles. The number of nitrogens with zero attached hydrogens (tertiary/aromatic N) is 6. The molecule has 0 bridgehead atoms. The molecular formula is C23H24BrClN6O2. The lowest BCUT2D eigenvalue weighted by Gasteiger charge is -2.41. The molecule has 0 saturated carbocycles. The zero-order valence-corrected chi connectivity index (χ0v) is 21.2. The molecule has 0 spiro atoms. The lowest BCUT2D eigenvalue weighted by molar-refractivity contribution is 0.0218. The molecule has 0 aliphatic carbocycles. The molecule has 3 aromatic rings. The van der Waals surface area contributed by atoms with Crippen LogP contribution in [0.5, 0.6) is 0 Å². The molecule has 1 atom stereocenters. The average Bonchev–Trinajstić information content (AvgIpc) is 3.09. The molecule has 1 aliphatic rings. The van der Waals surface area contributed by atoms with Crippen LogP contribution in [-0.4, -0.2) is 56.8 Å². The van der Waals surface area contributed by atoms with Gasteiger partial charge in [0.25, 0.3) is 0 Å². The van der Waals surface area contributed by atoms with Crippen molar-refractivity contribution in [2.24, 2.45) is 0 Å². The Labute approximate surface area is 205 Å². The molecule has 8 nitrogen and oxygen atoms in total. The maximum Gasteiger partial charge on any atom is 0.410 e. The summed E-state index contributed by atoms with van der Waals surface area (Å²) in [5.41, 5.74) is 1.37. The number of hydrogen-bond donors (Lipinski definition) is 0. The van der Waals surface area contributed by atoms with Gasteiger partial charge in [-0.15, -0.1) is 0 Å². The van der Waals surface area contributed by atoms with Crippen molar-refractivity contribution in [2.75, 3.05) is 24.5 Å². The fourth-order valence-corrected chi connectivity index (χ4v) is 4.75. The van der Waals surface area contributed by atoms with Crippen molar-refractivity contribution in [3.8, 4) is 11.8 Å². The van der Waals surface area contributed by atoms with E-state index in [4.69, 9.17) is 16.3 Å². The molecule has 1 saturated heterocycles. The summed E-state index contributed by atoms with van der Waals surface area (Å²) < 4.78 is 8.25. The van der Waals surface area contributed by atoms with Crippen molar-refractivity contribution in [2.45, 2.75) is 39.3 Å². The molecule has 0 radical (unpaired) electrons. The van der Waals surface area contributed by atoms with Gasteiger partial charge in [0, 0.05) is 47.1 Å². The van der Waals surface area contributed by atoms with Crippen molar-refractivity contribution in [1.29, 1.82) is 5.26 Å². The summed E-state index contributed by atoms with van der Waals surface area (Å²) in [5, 5.41) is 10.7. The topological polar surface area (TPSA) is 87.3 Å². The SMILES string of the molecule is C[C@H]1CN(C(=O)OC(C)(C)C)CCN1c1ncnc2c1c(Br)cn2-c1cc(Cl)cc(C#N)c1. The van der Waals surface area contributed by atoms with E-state index in [0.29, 0.717) is 35.9 Å². The van der Waals surface area contributed by atoms with Crippen LogP contribution in [0.4, 0.5) is 10.6 Å². The number of piperazine rings is 1. The lowest BCUT2D eigenvalue weighted by Crippen LogP contribution is -2.54. The minimum absolute atomic E-state index is 0.0241. The first-order chi connectivity index (χ1) is 15.6. The van der Waals surface area contributed by atoms with Crippen molar-refractivity contribution >= 4 is 50.5 Å². The largest absolute Gasteiger partial charge is 0.444 e. The van der Waals surface area contributed by atoms with Crippen molar-refractivity contribution < 1.29 is 9.53 Å². The molecule has 1 amide bonds. The molecule has 0 unspecified atom stereocenters. The van der Waals surface area contributed by atoms with Gasteiger partial charge in [0.2, 0.25) is 0 Å². The quantitative estimate of drug-likeness (QED) is 0.454. The number of ether oxygens (including phenoxy) is 1. The predicted octanol–water partition coefficient (Wildman–Crippen LogP) is 5.15. The van der Waals surface area contributed by atoms with Gasteiger partial charge in [-0.2, -0.15) is 5.26 Å². The fourth-order valence-electron chi connectivity index (χ4n) is 3.96. The van der Waals surface area contributed by atoms with Crippen LogP contribution in [0.2, 0.25) is 5.02 Å². The Kier molecular flexibility index (Phi) is 6.25. The minimum atomic E-state index is -0.532. The molecular weight excluding hydrogens is 508 g/mol. The molecule has 10 heteroatoms. The third kappa shape index (κ3) is 4.77. The van der Waals surface area contributed by atoms with Gasteiger partial charge in [-0.05, 0) is 61.8 Å². The van der Waals surface area contributed by atoms with Gasteiger partial charge < -0.3 is 14.5 Å². The Balaban J connectivity index is 1.67. The number of halogens is 2. The Morgan fingerprint density at radius 1 is 1.27 bits per heavy atom. The average molecular weight is 532 g/mol. The molecule has 0 N–H and O–H groups in total. The van der Waals surface area contributed by atoms with Gasteiger partial charge in [-0.25, -0.2) is 14.8 Å². The van der Waals surface area contributed by atoms with Crippen molar-refractivity contribution in [1.82, 2.24) is 19.4 Å². The van der Waals surface area contributed by atoms with Gasteiger partial charge in [0.1, 0.15) is 17.7 Å². The Bertz CT molecular complexity index is 1260. The summed E-state index contributed by atoms with van der Waals surface area (Å²) in [6.07, 6.45) is 3.13. The summed E-state index contributed by atoms with van der Waals surface area (Å²) >= 11 is 9.89. The normalized spacial score (nSPS) is 16.7. The monoisotopic (exact) mass is 530 g/mol. The highest BCUT2D eigenvalue weighted by molar-refractivity contribution is 9.10. The second-order valence-corrected chi connectivity index (χ2v) is 10.3. The number of nitriles is 1. The second-order valence-electron chi connectivity index (χ2n) is 9.02. The van der Waals surface area contributed by atoms with Crippen molar-refractivity contribution in [3.05, 3.63) is 45.8 Å². The summed E-state index contributed by atoms with van der Waals surface area (Å²) in [7, 11) is 0. The number of amides is 1. The smallest absolute Gasteiger partial charge is 0.410 e. The second kappa shape index (κ2) is 8.84. The molecule has 1 fully saturated rings. The molecule has 4 rings (SSSR count). The van der Waals surface area contributed by atoms with E-state index in [1.807, 2.05) is 31.5 Å². The van der Waals surface area contributed by atoms with Crippen molar-refractivity contribution in [3.63, 3.8) is 0 Å². The fraction of sp³-hybridized carbons (Fsp3) is 0.391. The Morgan fingerprint density at radius 2 is 2.03 bits per heavy atom. The van der Waals surface area contributed by atoms with Crippen LogP contribution in [0.25, 0.3) is 16.7 Å². The maximum atomic E-state index is 12.5. The Hall–Kier alpha value is -2.83. The van der Waals surface area contributed by atoms with E-state index in [-0.39, 0.29) is 12.1 Å². The number of aromatic nitrogens is 3. The van der Waals surface area contributed by atoms with Crippen LogP contribution in [0.15, 0.2) is 35.2 Å². The molecule has 1 aliphatic heterocycles. The van der Waals surface area contributed by atoms with E-state index in [2.05, 4.69) is 43.8 Å². The third-order valence-corrected chi connectivity index (χ3v) is 6.18. The number of hydrogen-bond acceptors (Lipinski definition) is 6. The highest BCUT2D eigenvalue weighted by Crippen LogP contribution is 2.35. The predicted molar refractivity (Wildman–Crippen MR) is 131 cm³/mol. The third-order valence-electron chi connectivity index (χ3n) is 5.36. The number of carbonyl (C=O) groups excluding carboxylic acids is 1. The van der Waals surface area contributed by atoms with Gasteiger partial charge >= 0.3 is 6.09 Å². The number of rotatable bonds is 2. The zero-order valence-electron chi connectivity index (χ0n) is 18.8. The highest BCUT2D eigenvalue weighted by Gasteiger charge is 2.32. The van der Waals surface area contributed by atoms with Crippen LogP contribution in [0, 0.1) is 11.3 Å². The summed E-state index contributed by atoms with van der Waals surface area (Å²) in [4.78, 5) is 25.5. The first-order valence-electron chi connectivity index (χ1n) is 10.5. The molecule has 1 aromatic carbocycles. The van der Waals surface area contributed by atoms with Crippen LogP contribution in [-0.2, 0) is 4.74 Å². The maximum absolute atomic E-state index is 12.5. The number of benzene rings is 1. The highest BCUT2D eigenvalue weighted by atomic mass is 79.9. The molecule has 2 aromatic heterocycles. The summed E-state index contributed by atoms with van der Waals surface area (Å²) in [6, 6.07) is 7.34. The first-order valence-corrected chi connectivity index (χ1v) is 11.7. The van der Waals surface area contributed by atoms with E-state index in [1.54, 1.807) is 23.1 Å². The molecule has 33 heavy (non-hydrogen) atoms. The van der Waals surface area contributed by atoms with Crippen LogP contribution in [0.3, 0.4) is 0 Å². The summed E-state index contributed by atoms with van der Waals surface area (Å²) in [6.45, 7) is 9.32. The van der Waals surface area contributed by atoms with Gasteiger partial charge in [-0.1, -0.05) is 11.6 Å². The zero-order chi connectivity index (χ0) is 23.9. The van der Waals surface area contributed by atoms with Gasteiger partial charge in [-0.3, -0.25) is 4.57 Å². The lowest BCUT2D eigenvalue weighted by atomic mass is 10.1. The van der Waals surface area contributed by atoms with E-state index in [0.717, 1.165) is 21.4 Å². The Morgan fingerprint density at radius 3 is 2.70 bits per heavy atom. The van der Waals surface area contributed by atoms with Crippen LogP contribution >= 0.6 is 27.5 Å². The number of anilines is 1. The number of fused-ring (bicyclic) bond motifs is 1. The van der Waals surface area contributed by atoms with Gasteiger partial charge in [0.15, 0.2) is 5.65 Å².